The van der Waals surface area contributed by atoms with E-state index in [0.29, 0.717) is 0 Å². The van der Waals surface area contributed by atoms with Crippen LogP contribution in [0.5, 0.6) is 0 Å². The molecule has 0 atom stereocenters. The molecule has 0 fully saturated rings. The molecule has 9 rings (SSSR count). The summed E-state index contributed by atoms with van der Waals surface area (Å²) in [6, 6.07) is 50.4. The molecule has 0 spiro atoms. The summed E-state index contributed by atoms with van der Waals surface area (Å²) >= 11 is 0. The Kier molecular flexibility index (Phi) is 5.87. The lowest BCUT2D eigenvalue weighted by Gasteiger charge is -2.13. The molecule has 0 amide bonds. The quantitative estimate of drug-likeness (QED) is 0.190. The molecule has 3 heterocycles. The van der Waals surface area contributed by atoms with Gasteiger partial charge in [0, 0.05) is 43.9 Å². The number of hydrogen-bond acceptors (Lipinski definition) is 0. The van der Waals surface area contributed by atoms with Gasteiger partial charge in [0.25, 0.3) is 0 Å². The van der Waals surface area contributed by atoms with Gasteiger partial charge >= 0.3 is 0 Å². The van der Waals surface area contributed by atoms with Crippen LogP contribution in [0.4, 0.5) is 0 Å². The molecule has 0 unspecified atom stereocenters. The SMILES string of the molecule is C=Cc1c(/C=C\C)n(-c2cccc3c2c2ccccc2n3-c2ccc3c(c2)c2ccccc2n3-c2ccccc2)c2ccccc12. The maximum absolute atomic E-state index is 4.20. The second-order valence-electron chi connectivity index (χ2n) is 11.8. The Morgan fingerprint density at radius 3 is 1.80 bits per heavy atom. The van der Waals surface area contributed by atoms with E-state index in [1.165, 1.54) is 54.5 Å². The van der Waals surface area contributed by atoms with Gasteiger partial charge in [-0.25, -0.2) is 0 Å². The van der Waals surface area contributed by atoms with Crippen molar-refractivity contribution in [3.05, 3.63) is 163 Å². The normalized spacial score (nSPS) is 12.0. The maximum atomic E-state index is 4.20. The molecule has 0 saturated heterocycles. The van der Waals surface area contributed by atoms with Crippen LogP contribution in [0.1, 0.15) is 18.2 Å². The van der Waals surface area contributed by atoms with Crippen LogP contribution < -0.4 is 0 Å². The van der Waals surface area contributed by atoms with E-state index in [2.05, 4.69) is 179 Å². The van der Waals surface area contributed by atoms with Gasteiger partial charge in [0.1, 0.15) is 0 Å². The van der Waals surface area contributed by atoms with Crippen molar-refractivity contribution in [1.29, 1.82) is 0 Å². The summed E-state index contributed by atoms with van der Waals surface area (Å²) in [4.78, 5) is 0. The van der Waals surface area contributed by atoms with Crippen molar-refractivity contribution in [2.24, 2.45) is 0 Å². The van der Waals surface area contributed by atoms with E-state index in [0.717, 1.165) is 28.3 Å². The summed E-state index contributed by atoms with van der Waals surface area (Å²) in [6.07, 6.45) is 6.30. The smallest absolute Gasteiger partial charge is 0.0562 e. The number of nitrogens with zero attached hydrogens (tertiary/aromatic N) is 3. The van der Waals surface area contributed by atoms with E-state index in [1.54, 1.807) is 0 Å². The molecule has 0 aliphatic carbocycles. The minimum Gasteiger partial charge on any atom is -0.309 e. The molecule has 3 nitrogen and oxygen atoms in total. The van der Waals surface area contributed by atoms with Crippen LogP contribution in [0, 0.1) is 0 Å². The van der Waals surface area contributed by atoms with Crippen LogP contribution in [0.25, 0.3) is 83.7 Å². The van der Waals surface area contributed by atoms with Crippen molar-refractivity contribution in [2.75, 3.05) is 0 Å². The Morgan fingerprint density at radius 2 is 1.07 bits per heavy atom. The first-order valence-electron chi connectivity index (χ1n) is 15.8. The second-order valence-corrected chi connectivity index (χ2v) is 11.8. The van der Waals surface area contributed by atoms with Crippen LogP contribution in [-0.2, 0) is 0 Å². The molecule has 0 saturated carbocycles. The lowest BCUT2D eigenvalue weighted by atomic mass is 10.1. The topological polar surface area (TPSA) is 14.8 Å². The second kappa shape index (κ2) is 10.3. The Hall–Kier alpha value is -6.06. The standard InChI is InChI=1S/C43H31N3/c1-3-15-36-31(4-2)32-18-8-12-22-38(32)46(36)42-25-14-24-41-43(42)34-20-10-13-23-39(34)45(41)30-26-27-40-35(28-30)33-19-9-11-21-37(33)44(40)29-16-6-5-7-17-29/h3-28H,2H2,1H3/b15-3-. The lowest BCUT2D eigenvalue weighted by Crippen LogP contribution is -1.99. The number of allylic oxidation sites excluding steroid dienone is 1. The minimum atomic E-state index is 1.14. The van der Waals surface area contributed by atoms with Crippen LogP contribution in [0.2, 0.25) is 0 Å². The molecular weight excluding hydrogens is 558 g/mol. The summed E-state index contributed by atoms with van der Waals surface area (Å²) in [5, 5.41) is 6.14. The zero-order chi connectivity index (χ0) is 30.8. The molecule has 46 heavy (non-hydrogen) atoms. The van der Waals surface area contributed by atoms with E-state index in [4.69, 9.17) is 0 Å². The molecule has 0 aliphatic heterocycles. The van der Waals surface area contributed by atoms with Crippen LogP contribution in [0.15, 0.2) is 152 Å². The average Bonchev–Trinajstić information content (AvgIpc) is 3.74. The number of para-hydroxylation sites is 4. The number of rotatable bonds is 5. The molecule has 6 aromatic carbocycles. The van der Waals surface area contributed by atoms with Gasteiger partial charge in [0.2, 0.25) is 0 Å². The van der Waals surface area contributed by atoms with Gasteiger partial charge in [0.05, 0.1) is 39.0 Å². The number of hydrogen-bond donors (Lipinski definition) is 0. The Morgan fingerprint density at radius 1 is 0.478 bits per heavy atom. The highest BCUT2D eigenvalue weighted by molar-refractivity contribution is 6.15. The highest BCUT2D eigenvalue weighted by Crippen LogP contribution is 2.41. The van der Waals surface area contributed by atoms with Crippen LogP contribution >= 0.6 is 0 Å². The molecule has 0 radical (unpaired) electrons. The first-order valence-corrected chi connectivity index (χ1v) is 15.8. The van der Waals surface area contributed by atoms with E-state index in [-0.39, 0.29) is 0 Å². The summed E-state index contributed by atoms with van der Waals surface area (Å²) in [5.41, 5.74) is 11.7. The molecular formula is C43H31N3. The predicted molar refractivity (Wildman–Crippen MR) is 197 cm³/mol. The maximum Gasteiger partial charge on any atom is 0.0562 e. The van der Waals surface area contributed by atoms with Crippen LogP contribution in [0.3, 0.4) is 0 Å². The highest BCUT2D eigenvalue weighted by Gasteiger charge is 2.21. The fourth-order valence-electron chi connectivity index (χ4n) is 7.50. The van der Waals surface area contributed by atoms with Crippen molar-refractivity contribution < 1.29 is 0 Å². The monoisotopic (exact) mass is 589 g/mol. The van der Waals surface area contributed by atoms with Crippen molar-refractivity contribution in [3.8, 4) is 17.1 Å². The zero-order valence-corrected chi connectivity index (χ0v) is 25.6. The van der Waals surface area contributed by atoms with Gasteiger partial charge in [0.15, 0.2) is 0 Å². The van der Waals surface area contributed by atoms with Gasteiger partial charge in [-0.15, -0.1) is 0 Å². The van der Waals surface area contributed by atoms with Gasteiger partial charge in [-0.1, -0.05) is 97.6 Å². The first kappa shape index (κ1) is 26.4. The van der Waals surface area contributed by atoms with Gasteiger partial charge < -0.3 is 13.7 Å². The molecule has 0 aliphatic rings. The Balaban J connectivity index is 1.37. The first-order chi connectivity index (χ1) is 22.8. The van der Waals surface area contributed by atoms with E-state index < -0.39 is 0 Å². The van der Waals surface area contributed by atoms with E-state index in [1.807, 2.05) is 6.08 Å². The molecule has 0 N–H and O–H groups in total. The molecule has 9 aromatic rings. The molecule has 3 heteroatoms. The number of benzene rings is 6. The number of fused-ring (bicyclic) bond motifs is 7. The van der Waals surface area contributed by atoms with Gasteiger partial charge in [-0.2, -0.15) is 0 Å². The highest BCUT2D eigenvalue weighted by atomic mass is 15.0. The number of aromatic nitrogens is 3. The molecule has 218 valence electrons. The largest absolute Gasteiger partial charge is 0.309 e. The molecule has 0 bridgehead atoms. The van der Waals surface area contributed by atoms with Crippen molar-refractivity contribution in [1.82, 2.24) is 13.7 Å². The zero-order valence-electron chi connectivity index (χ0n) is 25.6. The third-order valence-corrected chi connectivity index (χ3v) is 9.33. The Labute approximate surface area is 267 Å². The molecule has 3 aromatic heterocycles. The third kappa shape index (κ3) is 3.66. The summed E-state index contributed by atoms with van der Waals surface area (Å²) in [7, 11) is 0. The fourth-order valence-corrected chi connectivity index (χ4v) is 7.50. The fraction of sp³-hybridized carbons (Fsp3) is 0.0233. The summed E-state index contributed by atoms with van der Waals surface area (Å²) in [5.74, 6) is 0. The van der Waals surface area contributed by atoms with Gasteiger partial charge in [-0.3, -0.25) is 0 Å². The average molecular weight is 590 g/mol. The summed E-state index contributed by atoms with van der Waals surface area (Å²) in [6.45, 7) is 6.28. The minimum absolute atomic E-state index is 1.14. The van der Waals surface area contributed by atoms with Crippen LogP contribution in [-0.4, -0.2) is 13.7 Å². The van der Waals surface area contributed by atoms with Crippen molar-refractivity contribution in [3.63, 3.8) is 0 Å². The summed E-state index contributed by atoms with van der Waals surface area (Å²) < 4.78 is 7.20. The van der Waals surface area contributed by atoms with E-state index >= 15 is 0 Å². The Bertz CT molecular complexity index is 2660. The van der Waals surface area contributed by atoms with Crippen molar-refractivity contribution in [2.45, 2.75) is 6.92 Å². The predicted octanol–water partition coefficient (Wildman–Crippen LogP) is 11.5. The van der Waals surface area contributed by atoms with Crippen molar-refractivity contribution >= 4 is 66.7 Å². The third-order valence-electron chi connectivity index (χ3n) is 9.33. The van der Waals surface area contributed by atoms with E-state index in [9.17, 15) is 0 Å². The lowest BCUT2D eigenvalue weighted by molar-refractivity contribution is 1.12. The van der Waals surface area contributed by atoms with Gasteiger partial charge in [-0.05, 0) is 73.7 Å².